The number of anilines is 1. The maximum atomic E-state index is 12.4. The lowest BCUT2D eigenvalue weighted by molar-refractivity contribution is 0.539. The van der Waals surface area contributed by atoms with Crippen LogP contribution in [-0.2, 0) is 10.0 Å². The van der Waals surface area contributed by atoms with Gasteiger partial charge in [0.1, 0.15) is 10.8 Å². The molecule has 0 fully saturated rings. The van der Waals surface area contributed by atoms with Gasteiger partial charge in [-0.1, -0.05) is 24.4 Å². The Morgan fingerprint density at radius 3 is 2.71 bits per heavy atom. The van der Waals surface area contributed by atoms with E-state index in [4.69, 9.17) is 18.0 Å². The maximum absolute atomic E-state index is 12.4. The maximum Gasteiger partial charge on any atom is 0.263 e. The molecule has 0 atom stereocenters. The third-order valence-corrected chi connectivity index (χ3v) is 4.42. The van der Waals surface area contributed by atoms with Gasteiger partial charge in [0.2, 0.25) is 0 Å². The van der Waals surface area contributed by atoms with Crippen molar-refractivity contribution in [2.24, 2.45) is 5.73 Å². The first kappa shape index (κ1) is 15.5. The number of thiocarbonyl (C=S) groups is 1. The number of aromatic nitrogens is 2. The van der Waals surface area contributed by atoms with Crippen LogP contribution in [0, 0.1) is 0 Å². The monoisotopic (exact) mass is 324 g/mol. The molecule has 0 amide bonds. The Morgan fingerprint density at radius 2 is 2.10 bits per heavy atom. The number of nitrogens with two attached hydrogens (primary N) is 1. The number of sulfonamides is 1. The van der Waals surface area contributed by atoms with Gasteiger partial charge in [0, 0.05) is 17.7 Å². The van der Waals surface area contributed by atoms with E-state index in [1.807, 2.05) is 13.8 Å². The minimum absolute atomic E-state index is 0.0423. The molecular formula is C13H16N4O2S2. The average Bonchev–Trinajstić information content (AvgIpc) is 2.86. The predicted molar refractivity (Wildman–Crippen MR) is 85.7 cm³/mol. The first-order chi connectivity index (χ1) is 9.81. The van der Waals surface area contributed by atoms with Gasteiger partial charge in [-0.15, -0.1) is 0 Å². The van der Waals surface area contributed by atoms with E-state index in [-0.39, 0.29) is 15.9 Å². The highest BCUT2D eigenvalue weighted by Crippen LogP contribution is 2.19. The molecule has 2 rings (SSSR count). The van der Waals surface area contributed by atoms with Crippen molar-refractivity contribution in [1.29, 1.82) is 0 Å². The summed E-state index contributed by atoms with van der Waals surface area (Å²) in [4.78, 5) is 0.253. The van der Waals surface area contributed by atoms with E-state index >= 15 is 0 Å². The van der Waals surface area contributed by atoms with Gasteiger partial charge in [-0.25, -0.2) is 13.1 Å². The summed E-state index contributed by atoms with van der Waals surface area (Å²) < 4.78 is 28.9. The summed E-state index contributed by atoms with van der Waals surface area (Å²) in [5.74, 6) is 0.408. The fourth-order valence-corrected chi connectivity index (χ4v) is 3.04. The number of nitrogens with zero attached hydrogens (tertiary/aromatic N) is 2. The van der Waals surface area contributed by atoms with Crippen LogP contribution in [-0.4, -0.2) is 23.2 Å². The van der Waals surface area contributed by atoms with E-state index in [0.717, 1.165) is 0 Å². The normalized spacial score (nSPS) is 11.6. The summed E-state index contributed by atoms with van der Waals surface area (Å²) in [5, 5.41) is 4.09. The van der Waals surface area contributed by atoms with E-state index in [0.29, 0.717) is 11.4 Å². The summed E-state index contributed by atoms with van der Waals surface area (Å²) in [6, 6.07) is 7.85. The summed E-state index contributed by atoms with van der Waals surface area (Å²) in [6.45, 7) is 3.83. The minimum Gasteiger partial charge on any atom is -0.389 e. The molecule has 0 bridgehead atoms. The third kappa shape index (κ3) is 3.40. The van der Waals surface area contributed by atoms with Crippen molar-refractivity contribution in [3.8, 4) is 0 Å². The fraction of sp³-hybridized carbons (Fsp3) is 0.231. The van der Waals surface area contributed by atoms with Gasteiger partial charge < -0.3 is 5.73 Å². The van der Waals surface area contributed by atoms with Gasteiger partial charge in [0.15, 0.2) is 0 Å². The molecule has 112 valence electrons. The summed E-state index contributed by atoms with van der Waals surface area (Å²) in [5.41, 5.74) is 6.03. The van der Waals surface area contributed by atoms with Crippen molar-refractivity contribution in [2.75, 3.05) is 4.72 Å². The zero-order valence-corrected chi connectivity index (χ0v) is 13.3. The largest absolute Gasteiger partial charge is 0.389 e. The highest BCUT2D eigenvalue weighted by molar-refractivity contribution is 7.92. The van der Waals surface area contributed by atoms with E-state index in [1.54, 1.807) is 29.1 Å². The fourth-order valence-electron chi connectivity index (χ4n) is 1.82. The molecule has 0 saturated heterocycles. The van der Waals surface area contributed by atoms with Gasteiger partial charge in [-0.2, -0.15) is 5.10 Å². The lowest BCUT2D eigenvalue weighted by atomic mass is 10.2. The molecule has 0 aliphatic heterocycles. The Bertz CT molecular complexity index is 766. The molecular weight excluding hydrogens is 308 g/mol. The van der Waals surface area contributed by atoms with Crippen molar-refractivity contribution in [1.82, 2.24) is 9.78 Å². The molecule has 0 radical (unpaired) electrons. The van der Waals surface area contributed by atoms with E-state index in [2.05, 4.69) is 9.82 Å². The number of hydrogen-bond acceptors (Lipinski definition) is 4. The Balaban J connectivity index is 2.36. The summed E-state index contributed by atoms with van der Waals surface area (Å²) in [7, 11) is -3.72. The van der Waals surface area contributed by atoms with Crippen molar-refractivity contribution < 1.29 is 8.42 Å². The van der Waals surface area contributed by atoms with Gasteiger partial charge in [0.25, 0.3) is 10.0 Å². The van der Waals surface area contributed by atoms with Crippen molar-refractivity contribution in [3.63, 3.8) is 0 Å². The molecule has 0 aliphatic carbocycles. The molecule has 0 saturated carbocycles. The van der Waals surface area contributed by atoms with Crippen LogP contribution in [0.3, 0.4) is 0 Å². The molecule has 21 heavy (non-hydrogen) atoms. The summed E-state index contributed by atoms with van der Waals surface area (Å²) in [6.07, 6.45) is 1.54. The Labute approximate surface area is 129 Å². The van der Waals surface area contributed by atoms with Crippen LogP contribution in [0.25, 0.3) is 0 Å². The molecule has 6 nitrogen and oxygen atoms in total. The SMILES string of the molecule is CC(C)n1nccc1NS(=O)(=O)c1cccc(C(N)=S)c1. The predicted octanol–water partition coefficient (Wildman–Crippen LogP) is 1.90. The molecule has 3 N–H and O–H groups in total. The smallest absolute Gasteiger partial charge is 0.263 e. The minimum atomic E-state index is -3.72. The second-order valence-corrected chi connectivity index (χ2v) is 6.87. The quantitative estimate of drug-likeness (QED) is 0.820. The van der Waals surface area contributed by atoms with Crippen molar-refractivity contribution in [3.05, 3.63) is 42.1 Å². The van der Waals surface area contributed by atoms with E-state index in [9.17, 15) is 8.42 Å². The Kier molecular flexibility index (Phi) is 4.29. The van der Waals surface area contributed by atoms with Gasteiger partial charge >= 0.3 is 0 Å². The highest BCUT2D eigenvalue weighted by atomic mass is 32.2. The average molecular weight is 324 g/mol. The summed E-state index contributed by atoms with van der Waals surface area (Å²) >= 11 is 4.86. The second kappa shape index (κ2) is 5.82. The number of nitrogens with one attached hydrogen (secondary N) is 1. The molecule has 1 heterocycles. The second-order valence-electron chi connectivity index (χ2n) is 4.75. The number of rotatable bonds is 5. The molecule has 1 aromatic heterocycles. The van der Waals surface area contributed by atoms with E-state index < -0.39 is 10.0 Å². The molecule has 0 spiro atoms. The lowest BCUT2D eigenvalue weighted by Gasteiger charge is -2.13. The van der Waals surface area contributed by atoms with Crippen LogP contribution in [0.4, 0.5) is 5.82 Å². The molecule has 0 aliphatic rings. The molecule has 8 heteroatoms. The Hall–Kier alpha value is -1.93. The lowest BCUT2D eigenvalue weighted by Crippen LogP contribution is -2.18. The first-order valence-electron chi connectivity index (χ1n) is 6.27. The molecule has 1 aromatic carbocycles. The number of benzene rings is 1. The molecule has 0 unspecified atom stereocenters. The van der Waals surface area contributed by atoms with Gasteiger partial charge in [-0.05, 0) is 26.0 Å². The van der Waals surface area contributed by atoms with E-state index in [1.165, 1.54) is 12.1 Å². The first-order valence-corrected chi connectivity index (χ1v) is 8.16. The topological polar surface area (TPSA) is 90.0 Å². The third-order valence-electron chi connectivity index (χ3n) is 2.83. The van der Waals surface area contributed by atoms with Crippen LogP contribution in [0.2, 0.25) is 0 Å². The van der Waals surface area contributed by atoms with Crippen LogP contribution in [0.1, 0.15) is 25.5 Å². The van der Waals surface area contributed by atoms with Crippen molar-refractivity contribution in [2.45, 2.75) is 24.8 Å². The van der Waals surface area contributed by atoms with Crippen molar-refractivity contribution >= 4 is 33.0 Å². The number of hydrogen-bond donors (Lipinski definition) is 2. The zero-order chi connectivity index (χ0) is 15.6. The van der Waals surface area contributed by atoms with Crippen LogP contribution in [0.5, 0.6) is 0 Å². The van der Waals surface area contributed by atoms with Gasteiger partial charge in [0.05, 0.1) is 11.1 Å². The molecule has 2 aromatic rings. The van der Waals surface area contributed by atoms with Gasteiger partial charge in [-0.3, -0.25) is 4.72 Å². The standard InChI is InChI=1S/C13H16N4O2S2/c1-9(2)17-12(6-7-15-17)16-21(18,19)11-5-3-4-10(8-11)13(14)20/h3-9,16H,1-2H3,(H2,14,20). The highest BCUT2D eigenvalue weighted by Gasteiger charge is 2.18. The van der Waals surface area contributed by atoms with Crippen LogP contribution in [0.15, 0.2) is 41.4 Å². The van der Waals surface area contributed by atoms with Crippen LogP contribution >= 0.6 is 12.2 Å². The van der Waals surface area contributed by atoms with Crippen LogP contribution < -0.4 is 10.5 Å². The Morgan fingerprint density at radius 1 is 1.38 bits per heavy atom. The zero-order valence-electron chi connectivity index (χ0n) is 11.6.